The molecule has 15 heavy (non-hydrogen) atoms. The van der Waals surface area contributed by atoms with Crippen molar-refractivity contribution in [2.45, 2.75) is 0 Å². The molecule has 4 heteroatoms. The Hall–Kier alpha value is -1.86. The molecule has 0 fully saturated rings. The number of hydrogen-bond acceptors (Lipinski definition) is 3. The van der Waals surface area contributed by atoms with E-state index in [-0.39, 0.29) is 5.78 Å². The van der Waals surface area contributed by atoms with Crippen molar-refractivity contribution in [3.8, 4) is 11.8 Å². The predicted octanol–water partition coefficient (Wildman–Crippen LogP) is 1.72. The van der Waals surface area contributed by atoms with Crippen LogP contribution in [0, 0.1) is 11.8 Å². The Morgan fingerprint density at radius 1 is 1.60 bits per heavy atom. The third-order valence-corrected chi connectivity index (χ3v) is 2.55. The van der Waals surface area contributed by atoms with Gasteiger partial charge in [0.05, 0.1) is 0 Å². The number of ketones is 1. The van der Waals surface area contributed by atoms with Gasteiger partial charge in [0, 0.05) is 30.4 Å². The van der Waals surface area contributed by atoms with E-state index in [0.29, 0.717) is 5.82 Å². The summed E-state index contributed by atoms with van der Waals surface area (Å²) < 4.78 is 1.66. The second-order valence-corrected chi connectivity index (χ2v) is 3.73. The van der Waals surface area contributed by atoms with Gasteiger partial charge in [0.2, 0.25) is 0 Å². The summed E-state index contributed by atoms with van der Waals surface area (Å²) in [5.74, 6) is 5.48. The van der Waals surface area contributed by atoms with Crippen molar-refractivity contribution in [2.24, 2.45) is 7.05 Å². The van der Waals surface area contributed by atoms with Gasteiger partial charge in [-0.2, -0.15) is 11.3 Å². The van der Waals surface area contributed by atoms with Crippen LogP contribution in [0.15, 0.2) is 29.2 Å². The van der Waals surface area contributed by atoms with Crippen molar-refractivity contribution in [2.75, 3.05) is 0 Å². The summed E-state index contributed by atoms with van der Waals surface area (Å²) in [6.45, 7) is 0. The average molecular weight is 216 g/mol. The zero-order valence-electron chi connectivity index (χ0n) is 8.10. The highest BCUT2D eigenvalue weighted by Crippen LogP contribution is 2.03. The molecule has 0 atom stereocenters. The lowest BCUT2D eigenvalue weighted by Crippen LogP contribution is -2.04. The SMILES string of the molecule is Cn1ccnc1C(=O)C#Cc1ccsc1. The minimum Gasteiger partial charge on any atom is -0.331 e. The van der Waals surface area contributed by atoms with E-state index in [1.165, 1.54) is 0 Å². The van der Waals surface area contributed by atoms with Crippen LogP contribution in [-0.2, 0) is 7.05 Å². The van der Waals surface area contributed by atoms with Gasteiger partial charge in [0.15, 0.2) is 5.82 Å². The number of Topliss-reactive ketones (excluding diaryl/α,β-unsaturated/α-hetero) is 1. The number of carbonyl (C=O) groups is 1. The van der Waals surface area contributed by atoms with E-state index in [1.807, 2.05) is 16.8 Å². The Morgan fingerprint density at radius 3 is 3.07 bits per heavy atom. The number of thiophene rings is 1. The van der Waals surface area contributed by atoms with Crippen LogP contribution in [0.1, 0.15) is 16.2 Å². The first kappa shape index (κ1) is 9.69. The van der Waals surface area contributed by atoms with E-state index in [0.717, 1.165) is 5.56 Å². The minimum atomic E-state index is -0.256. The Balaban J connectivity index is 2.21. The highest BCUT2D eigenvalue weighted by Gasteiger charge is 2.06. The van der Waals surface area contributed by atoms with Gasteiger partial charge in [-0.25, -0.2) is 4.98 Å². The molecule has 0 amide bonds. The molecule has 2 aromatic rings. The summed E-state index contributed by atoms with van der Waals surface area (Å²) in [4.78, 5) is 15.5. The summed E-state index contributed by atoms with van der Waals surface area (Å²) >= 11 is 1.56. The lowest BCUT2D eigenvalue weighted by molar-refractivity contribution is 0.104. The van der Waals surface area contributed by atoms with Crippen LogP contribution < -0.4 is 0 Å². The molecule has 2 aromatic heterocycles. The van der Waals surface area contributed by atoms with Crippen LogP contribution >= 0.6 is 11.3 Å². The Labute approximate surface area is 91.4 Å². The largest absolute Gasteiger partial charge is 0.331 e. The number of aromatic nitrogens is 2. The fourth-order valence-corrected chi connectivity index (χ4v) is 1.69. The first-order chi connectivity index (χ1) is 7.27. The quantitative estimate of drug-likeness (QED) is 0.537. The average Bonchev–Trinajstić information content (AvgIpc) is 2.84. The van der Waals surface area contributed by atoms with Gasteiger partial charge in [-0.1, -0.05) is 5.92 Å². The summed E-state index contributed by atoms with van der Waals surface area (Å²) in [5.41, 5.74) is 0.863. The second kappa shape index (κ2) is 4.11. The summed E-state index contributed by atoms with van der Waals surface area (Å²) in [6, 6.07) is 1.88. The molecule has 0 bridgehead atoms. The van der Waals surface area contributed by atoms with Crippen molar-refractivity contribution in [1.82, 2.24) is 9.55 Å². The lowest BCUT2D eigenvalue weighted by atomic mass is 10.3. The minimum absolute atomic E-state index is 0.256. The molecule has 0 aliphatic carbocycles. The number of rotatable bonds is 1. The third kappa shape index (κ3) is 2.14. The first-order valence-corrected chi connectivity index (χ1v) is 5.27. The Bertz CT molecular complexity index is 528. The maximum Gasteiger partial charge on any atom is 0.271 e. The van der Waals surface area contributed by atoms with E-state index in [1.54, 1.807) is 35.3 Å². The second-order valence-electron chi connectivity index (χ2n) is 2.95. The van der Waals surface area contributed by atoms with Crippen LogP contribution in [0.2, 0.25) is 0 Å². The normalized spacial score (nSPS) is 9.40. The van der Waals surface area contributed by atoms with Crippen molar-refractivity contribution in [1.29, 1.82) is 0 Å². The predicted molar refractivity (Wildman–Crippen MR) is 58.7 cm³/mol. The molecular weight excluding hydrogens is 208 g/mol. The van der Waals surface area contributed by atoms with Gasteiger partial charge in [-0.15, -0.1) is 0 Å². The first-order valence-electron chi connectivity index (χ1n) is 4.33. The van der Waals surface area contributed by atoms with Gasteiger partial charge < -0.3 is 4.57 Å². The van der Waals surface area contributed by atoms with E-state index < -0.39 is 0 Å². The van der Waals surface area contributed by atoms with Crippen molar-refractivity contribution in [3.63, 3.8) is 0 Å². The van der Waals surface area contributed by atoms with Gasteiger partial charge >= 0.3 is 0 Å². The third-order valence-electron chi connectivity index (χ3n) is 1.87. The number of carbonyl (C=O) groups excluding carboxylic acids is 1. The zero-order chi connectivity index (χ0) is 10.7. The zero-order valence-corrected chi connectivity index (χ0v) is 8.91. The van der Waals surface area contributed by atoms with Crippen LogP contribution in [0.5, 0.6) is 0 Å². The molecule has 0 N–H and O–H groups in total. The molecule has 0 spiro atoms. The maximum absolute atomic E-state index is 11.6. The Kier molecular flexibility index (Phi) is 2.66. The van der Waals surface area contributed by atoms with Crippen LogP contribution in [0.3, 0.4) is 0 Å². The number of hydrogen-bond donors (Lipinski definition) is 0. The topological polar surface area (TPSA) is 34.9 Å². The van der Waals surface area contributed by atoms with Gasteiger partial charge in [0.1, 0.15) is 0 Å². The molecule has 0 unspecified atom stereocenters. The fraction of sp³-hybridized carbons (Fsp3) is 0.0909. The molecule has 74 valence electrons. The maximum atomic E-state index is 11.6. The van der Waals surface area contributed by atoms with Crippen LogP contribution in [0.4, 0.5) is 0 Å². The molecule has 0 aromatic carbocycles. The molecule has 0 radical (unpaired) electrons. The van der Waals surface area contributed by atoms with Crippen molar-refractivity contribution in [3.05, 3.63) is 40.6 Å². The highest BCUT2D eigenvalue weighted by molar-refractivity contribution is 7.08. The van der Waals surface area contributed by atoms with Gasteiger partial charge in [0.25, 0.3) is 5.78 Å². The smallest absolute Gasteiger partial charge is 0.271 e. The molecule has 0 aliphatic rings. The number of nitrogens with zero attached hydrogens (tertiary/aromatic N) is 2. The van der Waals surface area contributed by atoms with E-state index in [4.69, 9.17) is 0 Å². The van der Waals surface area contributed by atoms with E-state index in [2.05, 4.69) is 16.8 Å². The summed E-state index contributed by atoms with van der Waals surface area (Å²) in [7, 11) is 1.77. The van der Waals surface area contributed by atoms with E-state index in [9.17, 15) is 4.79 Å². The highest BCUT2D eigenvalue weighted by atomic mass is 32.1. The van der Waals surface area contributed by atoms with Crippen LogP contribution in [0.25, 0.3) is 0 Å². The van der Waals surface area contributed by atoms with Gasteiger partial charge in [-0.3, -0.25) is 4.79 Å². The monoisotopic (exact) mass is 216 g/mol. The summed E-state index contributed by atoms with van der Waals surface area (Å²) in [5, 5.41) is 3.83. The van der Waals surface area contributed by atoms with Crippen molar-refractivity contribution < 1.29 is 4.79 Å². The molecule has 3 nitrogen and oxygen atoms in total. The Morgan fingerprint density at radius 2 is 2.47 bits per heavy atom. The molecule has 0 saturated carbocycles. The standard InChI is InChI=1S/C11H8N2OS/c1-13-6-5-12-11(13)10(14)3-2-9-4-7-15-8-9/h4-8H,1H3. The van der Waals surface area contributed by atoms with Gasteiger partial charge in [-0.05, 0) is 17.4 Å². The summed E-state index contributed by atoms with van der Waals surface area (Å²) in [6.07, 6.45) is 3.30. The number of aryl methyl sites for hydroxylation is 1. The molecule has 0 saturated heterocycles. The fourth-order valence-electron chi connectivity index (χ4n) is 1.10. The molecular formula is C11H8N2OS. The molecule has 0 aliphatic heterocycles. The molecule has 2 rings (SSSR count). The molecule has 2 heterocycles. The van der Waals surface area contributed by atoms with E-state index >= 15 is 0 Å². The lowest BCUT2D eigenvalue weighted by Gasteiger charge is -1.92. The van der Waals surface area contributed by atoms with Crippen LogP contribution in [-0.4, -0.2) is 15.3 Å². The van der Waals surface area contributed by atoms with Crippen molar-refractivity contribution >= 4 is 17.1 Å². The number of imidazole rings is 1.